The maximum Gasteiger partial charge on any atom is 0.144 e. The normalized spacial score (nSPS) is 14.3. The van der Waals surface area contributed by atoms with E-state index in [-0.39, 0.29) is 0 Å². The molecular weight excluding hydrogens is 418 g/mol. The summed E-state index contributed by atoms with van der Waals surface area (Å²) in [5.74, 6) is 0.896. The number of hydrogen-bond acceptors (Lipinski definition) is 2. The van der Waals surface area contributed by atoms with Crippen LogP contribution >= 0.6 is 0 Å². The van der Waals surface area contributed by atoms with Crippen molar-refractivity contribution in [2.45, 2.75) is 104 Å². The highest BCUT2D eigenvalue weighted by atomic mass is 16.5. The number of unbranched alkanes of at least 4 members (excludes halogenated alkanes) is 11. The summed E-state index contributed by atoms with van der Waals surface area (Å²) in [6, 6.07) is 6.16. The number of aromatic amines is 2. The van der Waals surface area contributed by atoms with E-state index in [1.807, 2.05) is 12.3 Å². The smallest absolute Gasteiger partial charge is 0.144 e. The van der Waals surface area contributed by atoms with Crippen LogP contribution in [0, 0.1) is 0 Å². The molecule has 4 heteroatoms. The standard InChI is InChI=1S/C30H45N3O/c1-3-5-7-8-9-10-11-12-13-14-15-17-25-19-20-26(32-25)23-29-30(34-22-6-4-2)24-28(33-29)27-18-16-21-31-27/h16,18-21,23-24,31,33H,3-15,17,22H2,1-2H3/b26-23+. The minimum Gasteiger partial charge on any atom is -0.491 e. The number of nitrogens with zero attached hydrogens (tertiary/aromatic N) is 1. The fourth-order valence-electron chi connectivity index (χ4n) is 4.41. The van der Waals surface area contributed by atoms with E-state index in [2.05, 4.69) is 54.2 Å². The molecule has 0 radical (unpaired) electrons. The van der Waals surface area contributed by atoms with Gasteiger partial charge in [0, 0.05) is 18.0 Å². The molecule has 0 spiro atoms. The molecule has 4 nitrogen and oxygen atoms in total. The molecular formula is C30H45N3O. The Hall–Kier alpha value is -2.49. The van der Waals surface area contributed by atoms with Crippen LogP contribution in [0.3, 0.4) is 0 Å². The molecule has 1 aliphatic rings. The molecule has 3 rings (SSSR count). The largest absolute Gasteiger partial charge is 0.491 e. The highest BCUT2D eigenvalue weighted by Crippen LogP contribution is 2.29. The number of nitrogens with one attached hydrogen (secondary N) is 2. The number of hydrogen-bond donors (Lipinski definition) is 2. The lowest BCUT2D eigenvalue weighted by Gasteiger charge is -2.04. The van der Waals surface area contributed by atoms with Crippen LogP contribution in [0.2, 0.25) is 0 Å². The molecule has 34 heavy (non-hydrogen) atoms. The second kappa shape index (κ2) is 15.4. The van der Waals surface area contributed by atoms with Gasteiger partial charge in [-0.2, -0.15) is 0 Å². The van der Waals surface area contributed by atoms with Crippen molar-refractivity contribution >= 4 is 11.8 Å². The molecule has 3 heterocycles. The number of rotatable bonds is 18. The van der Waals surface area contributed by atoms with Crippen molar-refractivity contribution in [3.8, 4) is 17.1 Å². The first-order valence-corrected chi connectivity index (χ1v) is 13.8. The summed E-state index contributed by atoms with van der Waals surface area (Å²) in [6.45, 7) is 5.20. The van der Waals surface area contributed by atoms with E-state index in [1.54, 1.807) is 0 Å². The zero-order valence-electron chi connectivity index (χ0n) is 21.5. The fraction of sp³-hybridized carbons (Fsp3) is 0.567. The highest BCUT2D eigenvalue weighted by Gasteiger charge is 2.12. The van der Waals surface area contributed by atoms with Crippen LogP contribution in [0.25, 0.3) is 17.5 Å². The Morgan fingerprint density at radius 3 is 2.21 bits per heavy atom. The van der Waals surface area contributed by atoms with Gasteiger partial charge < -0.3 is 14.7 Å². The molecule has 2 N–H and O–H groups in total. The Morgan fingerprint density at radius 1 is 0.824 bits per heavy atom. The first-order chi connectivity index (χ1) is 16.8. The number of allylic oxidation sites excluding steroid dienone is 2. The molecule has 0 unspecified atom stereocenters. The lowest BCUT2D eigenvalue weighted by atomic mass is 10.0. The van der Waals surface area contributed by atoms with Gasteiger partial charge in [-0.25, -0.2) is 0 Å². The van der Waals surface area contributed by atoms with E-state index in [0.717, 1.165) is 54.4 Å². The van der Waals surface area contributed by atoms with E-state index in [9.17, 15) is 0 Å². The molecule has 0 amide bonds. The molecule has 0 fully saturated rings. The van der Waals surface area contributed by atoms with Crippen LogP contribution in [0.4, 0.5) is 0 Å². The molecule has 0 saturated carbocycles. The first-order valence-electron chi connectivity index (χ1n) is 13.8. The molecule has 1 aliphatic heterocycles. The summed E-state index contributed by atoms with van der Waals surface area (Å²) in [7, 11) is 0. The van der Waals surface area contributed by atoms with E-state index in [4.69, 9.17) is 9.73 Å². The van der Waals surface area contributed by atoms with Gasteiger partial charge >= 0.3 is 0 Å². The number of aliphatic imine (C=N–C) groups is 1. The van der Waals surface area contributed by atoms with Crippen molar-refractivity contribution in [2.24, 2.45) is 4.99 Å². The van der Waals surface area contributed by atoms with Crippen molar-refractivity contribution < 1.29 is 4.74 Å². The van der Waals surface area contributed by atoms with Gasteiger partial charge in [-0.05, 0) is 49.6 Å². The summed E-state index contributed by atoms with van der Waals surface area (Å²) >= 11 is 0. The number of H-pyrrole nitrogens is 2. The molecule has 186 valence electrons. The third-order valence-corrected chi connectivity index (χ3v) is 6.50. The predicted octanol–water partition coefficient (Wildman–Crippen LogP) is 9.24. The monoisotopic (exact) mass is 463 g/mol. The van der Waals surface area contributed by atoms with Crippen LogP contribution in [0.15, 0.2) is 47.2 Å². The quantitative estimate of drug-likeness (QED) is 0.213. The molecule has 0 saturated heterocycles. The fourth-order valence-corrected chi connectivity index (χ4v) is 4.41. The van der Waals surface area contributed by atoms with Crippen LogP contribution < -0.4 is 4.74 Å². The van der Waals surface area contributed by atoms with Gasteiger partial charge in [-0.3, -0.25) is 4.99 Å². The van der Waals surface area contributed by atoms with Gasteiger partial charge in [0.25, 0.3) is 0 Å². The molecule has 0 bridgehead atoms. The third-order valence-electron chi connectivity index (χ3n) is 6.50. The lowest BCUT2D eigenvalue weighted by Crippen LogP contribution is -1.96. The van der Waals surface area contributed by atoms with E-state index in [1.165, 1.54) is 76.3 Å². The summed E-state index contributed by atoms with van der Waals surface area (Å²) in [5.41, 5.74) is 5.29. The minimum absolute atomic E-state index is 0.734. The zero-order chi connectivity index (χ0) is 23.8. The van der Waals surface area contributed by atoms with Gasteiger partial charge in [0.1, 0.15) is 5.75 Å². The van der Waals surface area contributed by atoms with Gasteiger partial charge in [0.2, 0.25) is 0 Å². The molecule has 2 aromatic rings. The van der Waals surface area contributed by atoms with Gasteiger partial charge in [-0.1, -0.05) is 84.5 Å². The maximum atomic E-state index is 6.08. The Morgan fingerprint density at radius 2 is 1.53 bits per heavy atom. The summed E-state index contributed by atoms with van der Waals surface area (Å²) < 4.78 is 6.08. The summed E-state index contributed by atoms with van der Waals surface area (Å²) in [6.07, 6.45) is 26.7. The minimum atomic E-state index is 0.734. The van der Waals surface area contributed by atoms with Crippen LogP contribution in [0.5, 0.6) is 5.75 Å². The average Bonchev–Trinajstić information content (AvgIpc) is 3.60. The van der Waals surface area contributed by atoms with Gasteiger partial charge in [0.15, 0.2) is 0 Å². The number of aromatic nitrogens is 2. The maximum absolute atomic E-state index is 6.08. The van der Waals surface area contributed by atoms with Crippen molar-refractivity contribution in [1.82, 2.24) is 9.97 Å². The second-order valence-electron chi connectivity index (χ2n) is 9.54. The van der Waals surface area contributed by atoms with Crippen molar-refractivity contribution in [3.05, 3.63) is 47.9 Å². The summed E-state index contributed by atoms with van der Waals surface area (Å²) in [4.78, 5) is 11.6. The third kappa shape index (κ3) is 9.04. The average molecular weight is 464 g/mol. The lowest BCUT2D eigenvalue weighted by molar-refractivity contribution is 0.309. The zero-order valence-corrected chi connectivity index (χ0v) is 21.5. The van der Waals surface area contributed by atoms with Gasteiger partial charge in [0.05, 0.1) is 29.4 Å². The Balaban J connectivity index is 1.42. The SMILES string of the molecule is CCCCCCCCCCCCCC1=N/C(=C/c2[nH]c(-c3ccc[nH]3)cc2OCCCC)C=C1. The highest BCUT2D eigenvalue weighted by molar-refractivity contribution is 5.99. The van der Waals surface area contributed by atoms with Crippen molar-refractivity contribution in [3.63, 3.8) is 0 Å². The van der Waals surface area contributed by atoms with E-state index >= 15 is 0 Å². The summed E-state index contributed by atoms with van der Waals surface area (Å²) in [5, 5.41) is 0. The molecule has 0 aromatic carbocycles. The molecule has 0 aliphatic carbocycles. The molecule has 0 atom stereocenters. The Labute approximate surface area is 207 Å². The van der Waals surface area contributed by atoms with Crippen molar-refractivity contribution in [2.75, 3.05) is 6.61 Å². The second-order valence-corrected chi connectivity index (χ2v) is 9.54. The van der Waals surface area contributed by atoms with Gasteiger partial charge in [-0.15, -0.1) is 0 Å². The van der Waals surface area contributed by atoms with Crippen LogP contribution in [-0.4, -0.2) is 22.3 Å². The Kier molecular flexibility index (Phi) is 11.8. The van der Waals surface area contributed by atoms with E-state index < -0.39 is 0 Å². The van der Waals surface area contributed by atoms with Crippen LogP contribution in [-0.2, 0) is 0 Å². The molecule has 2 aromatic heterocycles. The Bertz CT molecular complexity index is 902. The number of ether oxygens (including phenoxy) is 1. The first kappa shape index (κ1) is 26.1. The van der Waals surface area contributed by atoms with Crippen LogP contribution in [0.1, 0.15) is 109 Å². The topological polar surface area (TPSA) is 53.2 Å². The predicted molar refractivity (Wildman–Crippen MR) is 147 cm³/mol. The van der Waals surface area contributed by atoms with Crippen molar-refractivity contribution in [1.29, 1.82) is 0 Å². The van der Waals surface area contributed by atoms with E-state index in [0.29, 0.717) is 0 Å².